The van der Waals surface area contributed by atoms with Crippen LogP contribution >= 0.6 is 28.1 Å². The Bertz CT molecular complexity index is 276. The van der Waals surface area contributed by atoms with Crippen molar-refractivity contribution in [2.75, 3.05) is 0 Å². The molecule has 0 aliphatic rings. The number of nitrogens with two attached hydrogens (primary N) is 1. The molecule has 0 spiro atoms. The van der Waals surface area contributed by atoms with E-state index in [0.717, 1.165) is 15.6 Å². The second-order valence-electron chi connectivity index (χ2n) is 2.38. The minimum Gasteiger partial charge on any atom is -0.389 e. The predicted molar refractivity (Wildman–Crippen MR) is 54.8 cm³/mol. The fraction of sp³-hybridized carbons (Fsp3) is 0.125. The molecular formula is C8H8BrNS. The zero-order chi connectivity index (χ0) is 8.43. The number of thiocarbonyl (C=S) groups is 1. The van der Waals surface area contributed by atoms with Gasteiger partial charge in [0.25, 0.3) is 0 Å². The van der Waals surface area contributed by atoms with E-state index in [9.17, 15) is 0 Å². The fourth-order valence-electron chi connectivity index (χ4n) is 0.879. The van der Waals surface area contributed by atoms with Crippen molar-refractivity contribution in [3.63, 3.8) is 0 Å². The number of aryl methyl sites for hydroxylation is 1. The van der Waals surface area contributed by atoms with E-state index >= 15 is 0 Å². The van der Waals surface area contributed by atoms with Crippen LogP contribution in [0.1, 0.15) is 11.1 Å². The van der Waals surface area contributed by atoms with Crippen LogP contribution in [0.5, 0.6) is 0 Å². The smallest absolute Gasteiger partial charge is 0.104 e. The highest BCUT2D eigenvalue weighted by Gasteiger charge is 1.97. The van der Waals surface area contributed by atoms with Crippen LogP contribution in [0, 0.1) is 6.92 Å². The van der Waals surface area contributed by atoms with Crippen molar-refractivity contribution in [2.45, 2.75) is 6.92 Å². The molecule has 1 nitrogen and oxygen atoms in total. The highest BCUT2D eigenvalue weighted by molar-refractivity contribution is 9.10. The van der Waals surface area contributed by atoms with Crippen LogP contribution in [0.3, 0.4) is 0 Å². The first-order chi connectivity index (χ1) is 5.09. The topological polar surface area (TPSA) is 26.0 Å². The summed E-state index contributed by atoms with van der Waals surface area (Å²) in [5, 5.41) is 0. The minimum absolute atomic E-state index is 0.439. The van der Waals surface area contributed by atoms with Gasteiger partial charge in [0.1, 0.15) is 4.99 Å². The van der Waals surface area contributed by atoms with E-state index < -0.39 is 0 Å². The van der Waals surface area contributed by atoms with Crippen LogP contribution in [0.4, 0.5) is 0 Å². The van der Waals surface area contributed by atoms with Crippen molar-refractivity contribution in [1.29, 1.82) is 0 Å². The molecule has 0 heterocycles. The highest BCUT2D eigenvalue weighted by atomic mass is 79.9. The molecular weight excluding hydrogens is 222 g/mol. The second-order valence-corrected chi connectivity index (χ2v) is 3.74. The summed E-state index contributed by atoms with van der Waals surface area (Å²) in [7, 11) is 0. The Kier molecular flexibility index (Phi) is 2.62. The van der Waals surface area contributed by atoms with Crippen molar-refractivity contribution in [2.24, 2.45) is 5.73 Å². The maximum Gasteiger partial charge on any atom is 0.104 e. The summed E-state index contributed by atoms with van der Waals surface area (Å²) in [6, 6.07) is 5.89. The normalized spacial score (nSPS) is 9.64. The van der Waals surface area contributed by atoms with Gasteiger partial charge in [-0.25, -0.2) is 0 Å². The third-order valence-electron chi connectivity index (χ3n) is 1.33. The van der Waals surface area contributed by atoms with Crippen molar-refractivity contribution < 1.29 is 0 Å². The summed E-state index contributed by atoms with van der Waals surface area (Å²) < 4.78 is 1.01. The molecule has 0 amide bonds. The third kappa shape index (κ3) is 2.27. The van der Waals surface area contributed by atoms with Gasteiger partial charge in [-0.3, -0.25) is 0 Å². The molecule has 2 N–H and O–H groups in total. The number of halogens is 1. The Morgan fingerprint density at radius 1 is 1.45 bits per heavy atom. The van der Waals surface area contributed by atoms with Gasteiger partial charge in [0, 0.05) is 10.0 Å². The first-order valence-corrected chi connectivity index (χ1v) is 4.37. The summed E-state index contributed by atoms with van der Waals surface area (Å²) >= 11 is 8.20. The van der Waals surface area contributed by atoms with E-state index in [1.807, 2.05) is 25.1 Å². The molecule has 58 valence electrons. The molecule has 0 aromatic heterocycles. The van der Waals surface area contributed by atoms with Gasteiger partial charge in [0.05, 0.1) is 0 Å². The van der Waals surface area contributed by atoms with Crippen molar-refractivity contribution in [3.05, 3.63) is 33.8 Å². The molecule has 0 unspecified atom stereocenters. The molecule has 1 rings (SSSR count). The van der Waals surface area contributed by atoms with Gasteiger partial charge in [-0.1, -0.05) is 28.1 Å². The lowest BCUT2D eigenvalue weighted by molar-refractivity contribution is 1.43. The third-order valence-corrected chi connectivity index (χ3v) is 2.02. The van der Waals surface area contributed by atoms with Gasteiger partial charge in [-0.15, -0.1) is 0 Å². The number of hydrogen-bond donors (Lipinski definition) is 1. The van der Waals surface area contributed by atoms with Gasteiger partial charge in [-0.2, -0.15) is 0 Å². The lowest BCUT2D eigenvalue weighted by Crippen LogP contribution is -2.09. The van der Waals surface area contributed by atoms with Crippen molar-refractivity contribution in [1.82, 2.24) is 0 Å². The van der Waals surface area contributed by atoms with E-state index in [0.29, 0.717) is 4.99 Å². The molecule has 0 atom stereocenters. The van der Waals surface area contributed by atoms with Crippen LogP contribution in [-0.2, 0) is 0 Å². The van der Waals surface area contributed by atoms with Crippen LogP contribution in [0.2, 0.25) is 0 Å². The minimum atomic E-state index is 0.439. The Morgan fingerprint density at radius 2 is 2.09 bits per heavy atom. The van der Waals surface area contributed by atoms with Gasteiger partial charge in [0.2, 0.25) is 0 Å². The standard InChI is InChI=1S/C8H8BrNS/c1-5-2-6(8(10)11)4-7(9)3-5/h2-4H,1H3,(H2,10,11). The highest BCUT2D eigenvalue weighted by Crippen LogP contribution is 2.14. The quantitative estimate of drug-likeness (QED) is 0.749. The van der Waals surface area contributed by atoms with Crippen LogP contribution < -0.4 is 5.73 Å². The maximum atomic E-state index is 5.46. The monoisotopic (exact) mass is 229 g/mol. The molecule has 11 heavy (non-hydrogen) atoms. The SMILES string of the molecule is Cc1cc(Br)cc(C(N)=S)c1. The molecule has 0 saturated heterocycles. The molecule has 0 bridgehead atoms. The molecule has 0 saturated carbocycles. The van der Waals surface area contributed by atoms with E-state index in [4.69, 9.17) is 18.0 Å². The number of rotatable bonds is 1. The first-order valence-electron chi connectivity index (χ1n) is 3.16. The van der Waals surface area contributed by atoms with Crippen LogP contribution in [0.15, 0.2) is 22.7 Å². The van der Waals surface area contributed by atoms with Crippen molar-refractivity contribution in [3.8, 4) is 0 Å². The number of benzene rings is 1. The van der Waals surface area contributed by atoms with Crippen LogP contribution in [0.25, 0.3) is 0 Å². The van der Waals surface area contributed by atoms with E-state index in [2.05, 4.69) is 15.9 Å². The summed E-state index contributed by atoms with van der Waals surface area (Å²) in [5.74, 6) is 0. The second kappa shape index (κ2) is 3.32. The summed E-state index contributed by atoms with van der Waals surface area (Å²) in [6.45, 7) is 2.01. The summed E-state index contributed by atoms with van der Waals surface area (Å²) in [5.41, 5.74) is 7.53. The average molecular weight is 230 g/mol. The van der Waals surface area contributed by atoms with Gasteiger partial charge in [0.15, 0.2) is 0 Å². The molecule has 0 aliphatic carbocycles. The Hall–Kier alpha value is -0.410. The van der Waals surface area contributed by atoms with Crippen molar-refractivity contribution >= 4 is 33.1 Å². The first kappa shape index (κ1) is 8.68. The largest absolute Gasteiger partial charge is 0.389 e. The van der Waals surface area contributed by atoms with Gasteiger partial charge >= 0.3 is 0 Å². The zero-order valence-corrected chi connectivity index (χ0v) is 8.50. The van der Waals surface area contributed by atoms with Gasteiger partial charge < -0.3 is 5.73 Å². The fourth-order valence-corrected chi connectivity index (χ4v) is 1.60. The average Bonchev–Trinajstić information content (AvgIpc) is 1.85. The molecule has 0 radical (unpaired) electrons. The van der Waals surface area contributed by atoms with E-state index in [-0.39, 0.29) is 0 Å². The molecule has 0 aliphatic heterocycles. The zero-order valence-electron chi connectivity index (χ0n) is 6.10. The molecule has 0 fully saturated rings. The maximum absolute atomic E-state index is 5.46. The molecule has 3 heteroatoms. The summed E-state index contributed by atoms with van der Waals surface area (Å²) in [6.07, 6.45) is 0. The van der Waals surface area contributed by atoms with E-state index in [1.165, 1.54) is 0 Å². The lowest BCUT2D eigenvalue weighted by atomic mass is 10.1. The Labute approximate surface area is 79.7 Å². The Morgan fingerprint density at radius 3 is 2.55 bits per heavy atom. The van der Waals surface area contributed by atoms with Gasteiger partial charge in [-0.05, 0) is 30.7 Å². The molecule has 1 aromatic rings. The predicted octanol–water partition coefficient (Wildman–Crippen LogP) is 2.39. The number of hydrogen-bond acceptors (Lipinski definition) is 1. The Balaban J connectivity index is 3.19. The lowest BCUT2D eigenvalue weighted by Gasteiger charge is -2.00. The van der Waals surface area contributed by atoms with E-state index in [1.54, 1.807) is 0 Å². The molecule has 1 aromatic carbocycles. The summed E-state index contributed by atoms with van der Waals surface area (Å²) in [4.78, 5) is 0.439. The van der Waals surface area contributed by atoms with Crippen LogP contribution in [-0.4, -0.2) is 4.99 Å².